The molecule has 0 bridgehead atoms. The van der Waals surface area contributed by atoms with Crippen molar-refractivity contribution in [2.75, 3.05) is 13.6 Å². The molecule has 0 aromatic rings. The van der Waals surface area contributed by atoms with Crippen molar-refractivity contribution in [1.29, 1.82) is 0 Å². The predicted molar refractivity (Wildman–Crippen MR) is 50.2 cm³/mol. The molecule has 0 aliphatic carbocycles. The first-order chi connectivity index (χ1) is 5.04. The van der Waals surface area contributed by atoms with E-state index in [4.69, 9.17) is 23.2 Å². The third kappa shape index (κ3) is 1.82. The number of hydrogen-bond donors (Lipinski definition) is 0. The van der Waals surface area contributed by atoms with Crippen LogP contribution in [-0.4, -0.2) is 29.4 Å². The fourth-order valence-corrected chi connectivity index (χ4v) is 2.28. The quantitative estimate of drug-likeness (QED) is 0.424. The predicted octanol–water partition coefficient (Wildman–Crippen LogP) is 2.38. The maximum absolute atomic E-state index is 6.13. The molecule has 1 fully saturated rings. The van der Waals surface area contributed by atoms with Gasteiger partial charge >= 0.3 is 0 Å². The normalized spacial score (nSPS) is 47.7. The second kappa shape index (κ2) is 3.51. The molecule has 4 unspecified atom stereocenters. The molecule has 3 heteroatoms. The monoisotopic (exact) mass is 195 g/mol. The van der Waals surface area contributed by atoms with E-state index in [-0.39, 0.29) is 10.9 Å². The van der Waals surface area contributed by atoms with Crippen molar-refractivity contribution in [2.45, 2.75) is 24.7 Å². The van der Waals surface area contributed by atoms with Gasteiger partial charge in [-0.25, -0.2) is 0 Å². The zero-order valence-corrected chi connectivity index (χ0v) is 8.73. The smallest absolute Gasteiger partial charge is 0.102 e. The van der Waals surface area contributed by atoms with E-state index in [1.54, 1.807) is 0 Å². The van der Waals surface area contributed by atoms with Gasteiger partial charge in [0, 0.05) is 6.54 Å². The molecule has 0 aromatic carbocycles. The van der Waals surface area contributed by atoms with Crippen molar-refractivity contribution in [3.63, 3.8) is 0 Å². The first kappa shape index (κ1) is 9.63. The van der Waals surface area contributed by atoms with E-state index in [2.05, 4.69) is 18.7 Å². The van der Waals surface area contributed by atoms with Crippen molar-refractivity contribution >= 4 is 23.2 Å². The summed E-state index contributed by atoms with van der Waals surface area (Å²) >= 11 is 12.2. The third-order valence-electron chi connectivity index (χ3n) is 2.66. The van der Waals surface area contributed by atoms with Crippen LogP contribution in [-0.2, 0) is 0 Å². The van der Waals surface area contributed by atoms with E-state index >= 15 is 0 Å². The van der Waals surface area contributed by atoms with Crippen LogP contribution in [0.1, 0.15) is 13.8 Å². The Morgan fingerprint density at radius 3 is 2.36 bits per heavy atom. The van der Waals surface area contributed by atoms with Gasteiger partial charge in [0.05, 0.1) is 5.38 Å². The van der Waals surface area contributed by atoms with Crippen molar-refractivity contribution in [3.05, 3.63) is 0 Å². The number of alkyl halides is 2. The summed E-state index contributed by atoms with van der Waals surface area (Å²) in [5, 5.41) is 0.0883. The highest BCUT2D eigenvalue weighted by atomic mass is 35.5. The number of halogens is 2. The molecule has 66 valence electrons. The minimum Gasteiger partial charge on any atom is -0.289 e. The van der Waals surface area contributed by atoms with E-state index in [9.17, 15) is 0 Å². The Morgan fingerprint density at radius 1 is 1.27 bits per heavy atom. The number of rotatable bonds is 0. The molecule has 1 aliphatic heterocycles. The minimum atomic E-state index is 0.00265. The number of piperidine rings is 1. The maximum atomic E-state index is 6.13. The van der Waals surface area contributed by atoms with Gasteiger partial charge in [0.25, 0.3) is 0 Å². The molecule has 11 heavy (non-hydrogen) atoms. The van der Waals surface area contributed by atoms with E-state index in [0.29, 0.717) is 11.8 Å². The van der Waals surface area contributed by atoms with Crippen LogP contribution in [0, 0.1) is 11.8 Å². The summed E-state index contributed by atoms with van der Waals surface area (Å²) in [7, 11) is 2.02. The third-order valence-corrected chi connectivity index (χ3v) is 4.03. The topological polar surface area (TPSA) is 3.24 Å². The molecule has 1 saturated heterocycles. The molecule has 1 nitrogen and oxygen atoms in total. The molecule has 0 saturated carbocycles. The van der Waals surface area contributed by atoms with Crippen molar-refractivity contribution in [3.8, 4) is 0 Å². The molecule has 1 heterocycles. The van der Waals surface area contributed by atoms with Crippen LogP contribution < -0.4 is 0 Å². The van der Waals surface area contributed by atoms with Crippen LogP contribution in [0.25, 0.3) is 0 Å². The molecule has 4 atom stereocenters. The average molecular weight is 196 g/mol. The summed E-state index contributed by atoms with van der Waals surface area (Å²) < 4.78 is 0. The lowest BCUT2D eigenvalue weighted by Gasteiger charge is -2.40. The first-order valence-corrected chi connectivity index (χ1v) is 4.89. The highest BCUT2D eigenvalue weighted by Crippen LogP contribution is 2.32. The van der Waals surface area contributed by atoms with Crippen LogP contribution in [0.4, 0.5) is 0 Å². The molecular weight excluding hydrogens is 181 g/mol. The van der Waals surface area contributed by atoms with Gasteiger partial charge in [-0.05, 0) is 18.9 Å². The van der Waals surface area contributed by atoms with Gasteiger partial charge in [-0.1, -0.05) is 13.8 Å². The Morgan fingerprint density at radius 2 is 1.82 bits per heavy atom. The summed E-state index contributed by atoms with van der Waals surface area (Å²) in [6.45, 7) is 5.45. The van der Waals surface area contributed by atoms with Gasteiger partial charge in [-0.15, -0.1) is 23.2 Å². The molecule has 0 amide bonds. The molecule has 0 spiro atoms. The zero-order valence-electron chi connectivity index (χ0n) is 7.22. The zero-order chi connectivity index (χ0) is 8.59. The Kier molecular flexibility index (Phi) is 3.07. The SMILES string of the molecule is CC1CN(C)C(Cl)C(Cl)C1C. The fraction of sp³-hybridized carbons (Fsp3) is 1.00. The van der Waals surface area contributed by atoms with Crippen molar-refractivity contribution < 1.29 is 0 Å². The van der Waals surface area contributed by atoms with Crippen molar-refractivity contribution in [2.24, 2.45) is 11.8 Å². The van der Waals surface area contributed by atoms with E-state index in [1.807, 2.05) is 7.05 Å². The number of hydrogen-bond acceptors (Lipinski definition) is 1. The molecule has 1 aliphatic rings. The van der Waals surface area contributed by atoms with Crippen LogP contribution in [0.3, 0.4) is 0 Å². The second-order valence-electron chi connectivity index (χ2n) is 3.59. The highest BCUT2D eigenvalue weighted by Gasteiger charge is 2.35. The van der Waals surface area contributed by atoms with Crippen LogP contribution in [0.2, 0.25) is 0 Å². The van der Waals surface area contributed by atoms with Crippen LogP contribution in [0.15, 0.2) is 0 Å². The fourth-order valence-electron chi connectivity index (χ4n) is 1.53. The van der Waals surface area contributed by atoms with Gasteiger partial charge in [0.15, 0.2) is 0 Å². The van der Waals surface area contributed by atoms with Gasteiger partial charge < -0.3 is 0 Å². The van der Waals surface area contributed by atoms with Gasteiger partial charge in [0.2, 0.25) is 0 Å². The van der Waals surface area contributed by atoms with Crippen LogP contribution in [0.5, 0.6) is 0 Å². The second-order valence-corrected chi connectivity index (χ2v) is 4.54. The molecule has 1 rings (SSSR count). The molecular formula is C8H15Cl2N. The Bertz CT molecular complexity index is 126. The minimum absolute atomic E-state index is 0.00265. The lowest BCUT2D eigenvalue weighted by atomic mass is 9.88. The number of likely N-dealkylation sites (tertiary alicyclic amines) is 1. The van der Waals surface area contributed by atoms with Crippen LogP contribution >= 0.6 is 23.2 Å². The summed E-state index contributed by atoms with van der Waals surface area (Å²) in [5.41, 5.74) is 0.00265. The maximum Gasteiger partial charge on any atom is 0.102 e. The molecule has 0 N–H and O–H groups in total. The summed E-state index contributed by atoms with van der Waals surface area (Å²) in [5.74, 6) is 1.17. The van der Waals surface area contributed by atoms with Gasteiger partial charge in [-0.3, -0.25) is 4.90 Å². The summed E-state index contributed by atoms with van der Waals surface area (Å²) in [6, 6.07) is 0. The van der Waals surface area contributed by atoms with E-state index in [0.717, 1.165) is 6.54 Å². The standard InChI is InChI=1S/C8H15Cl2N/c1-5-4-11(3)8(10)7(9)6(5)2/h5-8H,4H2,1-3H3. The first-order valence-electron chi connectivity index (χ1n) is 4.02. The van der Waals surface area contributed by atoms with E-state index < -0.39 is 0 Å². The van der Waals surface area contributed by atoms with Gasteiger partial charge in [0.1, 0.15) is 5.50 Å². The number of nitrogens with zero attached hydrogens (tertiary/aromatic N) is 1. The largest absolute Gasteiger partial charge is 0.289 e. The molecule has 0 aromatic heterocycles. The Hall–Kier alpha value is 0.540. The Balaban J connectivity index is 2.63. The summed E-state index contributed by atoms with van der Waals surface area (Å²) in [6.07, 6.45) is 0. The van der Waals surface area contributed by atoms with Gasteiger partial charge in [-0.2, -0.15) is 0 Å². The lowest BCUT2D eigenvalue weighted by molar-refractivity contribution is 0.149. The average Bonchev–Trinajstić information content (AvgIpc) is 1.97. The summed E-state index contributed by atoms with van der Waals surface area (Å²) in [4.78, 5) is 2.11. The molecule has 0 radical (unpaired) electrons. The van der Waals surface area contributed by atoms with Crippen molar-refractivity contribution in [1.82, 2.24) is 4.90 Å². The highest BCUT2D eigenvalue weighted by molar-refractivity contribution is 6.30. The lowest BCUT2D eigenvalue weighted by Crippen LogP contribution is -2.48. The Labute approximate surface area is 78.7 Å². The van der Waals surface area contributed by atoms with E-state index in [1.165, 1.54) is 0 Å².